The maximum Gasteiger partial charge on any atom is 0.188 e. The number of aryl methyl sites for hydroxylation is 1. The van der Waals surface area contributed by atoms with Crippen molar-refractivity contribution in [2.75, 3.05) is 5.32 Å². The molecule has 3 heterocycles. The highest BCUT2D eigenvalue weighted by Crippen LogP contribution is 2.28. The summed E-state index contributed by atoms with van der Waals surface area (Å²) >= 11 is 1.53. The molecule has 0 saturated carbocycles. The Morgan fingerprint density at radius 2 is 1.96 bits per heavy atom. The molecule has 6 nitrogen and oxygen atoms in total. The number of hydrogen-bond acceptors (Lipinski definition) is 7. The fourth-order valence-corrected chi connectivity index (χ4v) is 3.13. The third-order valence-electron chi connectivity index (χ3n) is 3.58. The number of para-hydroxylation sites is 1. The first-order chi connectivity index (χ1) is 12.3. The number of aromatic nitrogens is 4. The number of nitrogens with zero attached hydrogens (tertiary/aromatic N) is 4. The molecule has 1 N–H and O–H groups in total. The fraction of sp³-hybridized carbons (Fsp3) is 0.111. The molecule has 1 aromatic carbocycles. The van der Waals surface area contributed by atoms with Gasteiger partial charge in [0.25, 0.3) is 0 Å². The lowest BCUT2D eigenvalue weighted by atomic mass is 10.2. The highest BCUT2D eigenvalue weighted by molar-refractivity contribution is 7.13. The van der Waals surface area contributed by atoms with Crippen LogP contribution in [0.15, 0.2) is 54.3 Å². The van der Waals surface area contributed by atoms with E-state index in [1.807, 2.05) is 42.6 Å². The molecule has 0 radical (unpaired) electrons. The number of nitrogens with one attached hydrogen (secondary N) is 1. The van der Waals surface area contributed by atoms with E-state index in [-0.39, 0.29) is 0 Å². The average molecular weight is 349 g/mol. The van der Waals surface area contributed by atoms with E-state index in [4.69, 9.17) is 4.74 Å². The van der Waals surface area contributed by atoms with Gasteiger partial charge in [0, 0.05) is 29.5 Å². The van der Waals surface area contributed by atoms with Gasteiger partial charge in [0.05, 0.1) is 16.7 Å². The van der Waals surface area contributed by atoms with Crippen molar-refractivity contribution in [1.29, 1.82) is 0 Å². The van der Waals surface area contributed by atoms with E-state index in [0.717, 1.165) is 27.4 Å². The summed E-state index contributed by atoms with van der Waals surface area (Å²) in [5.41, 5.74) is 3.65. The molecule has 0 aliphatic carbocycles. The van der Waals surface area contributed by atoms with E-state index in [1.165, 1.54) is 11.3 Å². The molecule has 0 bridgehead atoms. The van der Waals surface area contributed by atoms with Crippen LogP contribution < -0.4 is 10.1 Å². The van der Waals surface area contributed by atoms with Gasteiger partial charge in [-0.05, 0) is 25.1 Å². The number of fused-ring (bicyclic) bond motifs is 1. The van der Waals surface area contributed by atoms with Crippen LogP contribution in [0.5, 0.6) is 5.75 Å². The standard InChI is InChI=1S/C18H15N5OS/c1-12-11-25-18(22-12)23-17-15(6-3-7-21-17)24-10-13-4-2-5-14-16(13)20-9-8-19-14/h2-9,11H,10H2,1H3,(H,21,22,23). The smallest absolute Gasteiger partial charge is 0.188 e. The van der Waals surface area contributed by atoms with Crippen molar-refractivity contribution in [3.8, 4) is 5.75 Å². The second-order valence-electron chi connectivity index (χ2n) is 5.40. The zero-order valence-electron chi connectivity index (χ0n) is 13.5. The molecule has 0 unspecified atom stereocenters. The molecule has 124 valence electrons. The molecular weight excluding hydrogens is 334 g/mol. The van der Waals surface area contributed by atoms with E-state index < -0.39 is 0 Å². The first-order valence-electron chi connectivity index (χ1n) is 7.75. The summed E-state index contributed by atoms with van der Waals surface area (Å²) in [4.78, 5) is 17.5. The largest absolute Gasteiger partial charge is 0.485 e. The lowest BCUT2D eigenvalue weighted by molar-refractivity contribution is 0.308. The van der Waals surface area contributed by atoms with E-state index in [9.17, 15) is 0 Å². The van der Waals surface area contributed by atoms with E-state index in [2.05, 4.69) is 25.3 Å². The van der Waals surface area contributed by atoms with Gasteiger partial charge >= 0.3 is 0 Å². The van der Waals surface area contributed by atoms with E-state index in [0.29, 0.717) is 18.2 Å². The van der Waals surface area contributed by atoms with Crippen LogP contribution in [0, 0.1) is 6.92 Å². The molecule has 4 aromatic rings. The molecule has 3 aromatic heterocycles. The highest BCUT2D eigenvalue weighted by Gasteiger charge is 2.09. The van der Waals surface area contributed by atoms with Crippen molar-refractivity contribution in [1.82, 2.24) is 19.9 Å². The minimum absolute atomic E-state index is 0.382. The van der Waals surface area contributed by atoms with Gasteiger partial charge in [-0.1, -0.05) is 12.1 Å². The van der Waals surface area contributed by atoms with Gasteiger partial charge in [-0.3, -0.25) is 9.97 Å². The summed E-state index contributed by atoms with van der Waals surface area (Å²) in [7, 11) is 0. The summed E-state index contributed by atoms with van der Waals surface area (Å²) in [5, 5.41) is 5.99. The predicted octanol–water partition coefficient (Wildman–Crippen LogP) is 4.11. The molecule has 0 aliphatic heterocycles. The number of ether oxygens (including phenoxy) is 1. The van der Waals surface area contributed by atoms with Gasteiger partial charge in [-0.25, -0.2) is 9.97 Å². The molecule has 25 heavy (non-hydrogen) atoms. The zero-order valence-corrected chi connectivity index (χ0v) is 14.3. The van der Waals surface area contributed by atoms with Gasteiger partial charge in [0.1, 0.15) is 6.61 Å². The summed E-state index contributed by atoms with van der Waals surface area (Å²) in [6.45, 7) is 2.34. The molecule has 0 fully saturated rings. The Bertz CT molecular complexity index is 1010. The monoisotopic (exact) mass is 349 g/mol. The number of rotatable bonds is 5. The van der Waals surface area contributed by atoms with Crippen LogP contribution in [0.2, 0.25) is 0 Å². The summed E-state index contributed by atoms with van der Waals surface area (Å²) in [5.74, 6) is 1.31. The van der Waals surface area contributed by atoms with Gasteiger partial charge in [0.2, 0.25) is 0 Å². The molecular formula is C18H15N5OS. The molecule has 0 atom stereocenters. The minimum atomic E-state index is 0.382. The van der Waals surface area contributed by atoms with Crippen LogP contribution in [-0.2, 0) is 6.61 Å². The van der Waals surface area contributed by atoms with Crippen molar-refractivity contribution in [2.24, 2.45) is 0 Å². The van der Waals surface area contributed by atoms with Crippen molar-refractivity contribution in [3.05, 3.63) is 65.6 Å². The normalized spacial score (nSPS) is 10.8. The molecule has 4 rings (SSSR count). The number of benzene rings is 1. The first kappa shape index (κ1) is 15.5. The third kappa shape index (κ3) is 3.41. The molecule has 0 spiro atoms. The Labute approximate surface area is 148 Å². The van der Waals surface area contributed by atoms with Crippen molar-refractivity contribution >= 4 is 33.3 Å². The second-order valence-corrected chi connectivity index (χ2v) is 6.26. The summed E-state index contributed by atoms with van der Waals surface area (Å²) in [6, 6.07) is 9.61. The van der Waals surface area contributed by atoms with Crippen LogP contribution in [0.4, 0.5) is 10.9 Å². The number of pyridine rings is 1. The lowest BCUT2D eigenvalue weighted by Gasteiger charge is -2.11. The van der Waals surface area contributed by atoms with Crippen molar-refractivity contribution in [2.45, 2.75) is 13.5 Å². The topological polar surface area (TPSA) is 72.8 Å². The Kier molecular flexibility index (Phi) is 4.22. The molecule has 0 amide bonds. The van der Waals surface area contributed by atoms with Crippen LogP contribution in [-0.4, -0.2) is 19.9 Å². The predicted molar refractivity (Wildman–Crippen MR) is 98.2 cm³/mol. The first-order valence-corrected chi connectivity index (χ1v) is 8.63. The Morgan fingerprint density at radius 1 is 1.04 bits per heavy atom. The highest BCUT2D eigenvalue weighted by atomic mass is 32.1. The fourth-order valence-electron chi connectivity index (χ4n) is 2.44. The second kappa shape index (κ2) is 6.82. The quantitative estimate of drug-likeness (QED) is 0.584. The Balaban J connectivity index is 1.57. The zero-order chi connectivity index (χ0) is 17.1. The minimum Gasteiger partial charge on any atom is -0.485 e. The van der Waals surface area contributed by atoms with Crippen LogP contribution in [0.25, 0.3) is 11.0 Å². The van der Waals surface area contributed by atoms with Gasteiger partial charge < -0.3 is 10.1 Å². The molecule has 0 saturated heterocycles. The lowest BCUT2D eigenvalue weighted by Crippen LogP contribution is -2.02. The van der Waals surface area contributed by atoms with E-state index >= 15 is 0 Å². The third-order valence-corrected chi connectivity index (χ3v) is 4.46. The van der Waals surface area contributed by atoms with Gasteiger partial charge in [0.15, 0.2) is 16.7 Å². The number of anilines is 2. The Morgan fingerprint density at radius 3 is 2.84 bits per heavy atom. The van der Waals surface area contributed by atoms with Crippen molar-refractivity contribution in [3.63, 3.8) is 0 Å². The summed E-state index contributed by atoms with van der Waals surface area (Å²) < 4.78 is 5.99. The van der Waals surface area contributed by atoms with E-state index in [1.54, 1.807) is 18.6 Å². The molecule has 7 heteroatoms. The van der Waals surface area contributed by atoms with Crippen LogP contribution in [0.1, 0.15) is 11.3 Å². The SMILES string of the molecule is Cc1csc(Nc2ncccc2OCc2cccc3nccnc23)n1. The van der Waals surface area contributed by atoms with Crippen molar-refractivity contribution < 1.29 is 4.74 Å². The van der Waals surface area contributed by atoms with Crippen LogP contribution >= 0.6 is 11.3 Å². The molecule has 0 aliphatic rings. The summed E-state index contributed by atoms with van der Waals surface area (Å²) in [6.07, 6.45) is 5.10. The van der Waals surface area contributed by atoms with Gasteiger partial charge in [-0.15, -0.1) is 11.3 Å². The number of hydrogen-bond donors (Lipinski definition) is 1. The maximum atomic E-state index is 5.99. The van der Waals surface area contributed by atoms with Gasteiger partial charge in [-0.2, -0.15) is 0 Å². The Hall–Kier alpha value is -3.06. The number of thiazole rings is 1. The average Bonchev–Trinajstić information content (AvgIpc) is 3.06. The van der Waals surface area contributed by atoms with Crippen LogP contribution in [0.3, 0.4) is 0 Å². The maximum absolute atomic E-state index is 5.99.